The molecule has 0 spiro atoms. The number of thiazole rings is 2. The highest BCUT2D eigenvalue weighted by Gasteiger charge is 2.15. The molecule has 2 N–H and O–H groups in total. The van der Waals surface area contributed by atoms with Gasteiger partial charge < -0.3 is 5.32 Å². The summed E-state index contributed by atoms with van der Waals surface area (Å²) >= 11 is 2.90. The van der Waals surface area contributed by atoms with Crippen molar-refractivity contribution in [1.29, 1.82) is 0 Å². The lowest BCUT2D eigenvalue weighted by Crippen LogP contribution is -2.29. The monoisotopic (exact) mass is 408 g/mol. The lowest BCUT2D eigenvalue weighted by Gasteiger charge is -2.05. The van der Waals surface area contributed by atoms with Crippen LogP contribution >= 0.6 is 22.7 Å². The first-order valence-electron chi connectivity index (χ1n) is 8.50. The normalized spacial score (nSPS) is 10.8. The average Bonchev–Trinajstić information content (AvgIpc) is 3.27. The molecule has 0 atom stereocenters. The molecule has 4 aromatic rings. The van der Waals surface area contributed by atoms with Gasteiger partial charge in [-0.15, -0.1) is 22.7 Å². The van der Waals surface area contributed by atoms with E-state index in [0.717, 1.165) is 26.5 Å². The standard InChI is InChI=1S/C20H16N4O2S2/c1-11-3-8-15-16(9-11)28-19(23-15)13-4-6-14(7-5-13)22-17(25)18(26)24-20-21-12(2)10-27-20/h3-10H,1-2H3,(H,22,25)(H,21,24,26). The van der Waals surface area contributed by atoms with Crippen LogP contribution in [0.25, 0.3) is 20.8 Å². The van der Waals surface area contributed by atoms with Gasteiger partial charge in [-0.1, -0.05) is 6.07 Å². The van der Waals surface area contributed by atoms with Gasteiger partial charge in [0.1, 0.15) is 5.01 Å². The van der Waals surface area contributed by atoms with Crippen LogP contribution in [0.2, 0.25) is 0 Å². The first kappa shape index (κ1) is 18.3. The fourth-order valence-corrected chi connectivity index (χ4v) is 4.36. The van der Waals surface area contributed by atoms with E-state index >= 15 is 0 Å². The number of nitrogens with zero attached hydrogens (tertiary/aromatic N) is 2. The van der Waals surface area contributed by atoms with E-state index in [4.69, 9.17) is 0 Å². The van der Waals surface area contributed by atoms with E-state index in [1.807, 2.05) is 31.2 Å². The Kier molecular flexibility index (Phi) is 4.89. The van der Waals surface area contributed by atoms with Crippen molar-refractivity contribution in [2.45, 2.75) is 13.8 Å². The maximum atomic E-state index is 12.1. The van der Waals surface area contributed by atoms with Gasteiger partial charge in [-0.25, -0.2) is 9.97 Å². The molecule has 28 heavy (non-hydrogen) atoms. The van der Waals surface area contributed by atoms with Crippen molar-refractivity contribution in [2.75, 3.05) is 10.6 Å². The predicted molar refractivity (Wildman–Crippen MR) is 114 cm³/mol. The molecule has 2 aromatic heterocycles. The summed E-state index contributed by atoms with van der Waals surface area (Å²) in [7, 11) is 0. The third-order valence-corrected chi connectivity index (χ3v) is 5.92. The Balaban J connectivity index is 1.45. The number of carbonyl (C=O) groups excluding carboxylic acids is 2. The number of fused-ring (bicyclic) bond motifs is 1. The van der Waals surface area contributed by atoms with Gasteiger partial charge in [0, 0.05) is 16.6 Å². The topological polar surface area (TPSA) is 84.0 Å². The zero-order valence-electron chi connectivity index (χ0n) is 15.1. The van der Waals surface area contributed by atoms with Gasteiger partial charge in [-0.2, -0.15) is 0 Å². The van der Waals surface area contributed by atoms with Crippen LogP contribution in [0.4, 0.5) is 10.8 Å². The first-order chi connectivity index (χ1) is 13.5. The molecule has 6 nitrogen and oxygen atoms in total. The Bertz CT molecular complexity index is 1180. The van der Waals surface area contributed by atoms with Crippen molar-refractivity contribution in [3.8, 4) is 10.6 Å². The molecular formula is C20H16N4O2S2. The SMILES string of the molecule is Cc1ccc2nc(-c3ccc(NC(=O)C(=O)Nc4nc(C)cs4)cc3)sc2c1. The van der Waals surface area contributed by atoms with E-state index in [1.54, 1.807) is 28.8 Å². The number of hydrogen-bond acceptors (Lipinski definition) is 6. The number of aryl methyl sites for hydroxylation is 2. The van der Waals surface area contributed by atoms with E-state index in [-0.39, 0.29) is 0 Å². The second-order valence-corrected chi connectivity index (χ2v) is 8.16. The molecule has 0 radical (unpaired) electrons. The van der Waals surface area contributed by atoms with E-state index in [0.29, 0.717) is 10.8 Å². The average molecular weight is 409 g/mol. The van der Waals surface area contributed by atoms with E-state index in [9.17, 15) is 9.59 Å². The van der Waals surface area contributed by atoms with Crippen LogP contribution in [0.5, 0.6) is 0 Å². The molecule has 2 aromatic carbocycles. The number of rotatable bonds is 3. The number of anilines is 2. The summed E-state index contributed by atoms with van der Waals surface area (Å²) in [4.78, 5) is 32.8. The van der Waals surface area contributed by atoms with Crippen LogP contribution < -0.4 is 10.6 Å². The molecule has 0 aliphatic carbocycles. The first-order valence-corrected chi connectivity index (χ1v) is 10.2. The fraction of sp³-hybridized carbons (Fsp3) is 0.100. The summed E-state index contributed by atoms with van der Waals surface area (Å²) in [5, 5.41) is 8.19. The van der Waals surface area contributed by atoms with Crippen LogP contribution in [0.15, 0.2) is 47.8 Å². The summed E-state index contributed by atoms with van der Waals surface area (Å²) in [5.74, 6) is -1.49. The molecule has 0 aliphatic rings. The van der Waals surface area contributed by atoms with Gasteiger partial charge in [-0.05, 0) is 55.8 Å². The highest BCUT2D eigenvalue weighted by atomic mass is 32.1. The zero-order valence-corrected chi connectivity index (χ0v) is 16.8. The predicted octanol–water partition coefficient (Wildman–Crippen LogP) is 4.61. The van der Waals surface area contributed by atoms with E-state index in [1.165, 1.54) is 16.9 Å². The van der Waals surface area contributed by atoms with Gasteiger partial charge in [0.15, 0.2) is 5.13 Å². The lowest BCUT2D eigenvalue weighted by atomic mass is 10.2. The molecule has 8 heteroatoms. The number of aromatic nitrogens is 2. The minimum atomic E-state index is -0.750. The summed E-state index contributed by atoms with van der Waals surface area (Å²) in [6, 6.07) is 13.4. The Hall–Kier alpha value is -3.10. The van der Waals surface area contributed by atoms with Crippen molar-refractivity contribution in [3.05, 3.63) is 59.1 Å². The van der Waals surface area contributed by atoms with Crippen LogP contribution in [0.1, 0.15) is 11.3 Å². The lowest BCUT2D eigenvalue weighted by molar-refractivity contribution is -0.132. The molecule has 0 saturated heterocycles. The van der Waals surface area contributed by atoms with E-state index in [2.05, 4.69) is 33.6 Å². The maximum absolute atomic E-state index is 12.1. The molecular weight excluding hydrogens is 392 g/mol. The molecule has 2 amide bonds. The second-order valence-electron chi connectivity index (χ2n) is 6.27. The Morgan fingerprint density at radius 3 is 2.39 bits per heavy atom. The van der Waals surface area contributed by atoms with Crippen molar-refractivity contribution in [2.24, 2.45) is 0 Å². The van der Waals surface area contributed by atoms with Crippen molar-refractivity contribution in [1.82, 2.24) is 9.97 Å². The van der Waals surface area contributed by atoms with Gasteiger partial charge in [0.05, 0.1) is 15.9 Å². The molecule has 0 fully saturated rings. The van der Waals surface area contributed by atoms with E-state index < -0.39 is 11.8 Å². The zero-order chi connectivity index (χ0) is 19.7. The Morgan fingerprint density at radius 1 is 0.929 bits per heavy atom. The number of benzene rings is 2. The molecule has 0 unspecified atom stereocenters. The number of hydrogen-bond donors (Lipinski definition) is 2. The molecule has 2 heterocycles. The molecule has 0 bridgehead atoms. The summed E-state index contributed by atoms with van der Waals surface area (Å²) < 4.78 is 1.14. The third kappa shape index (κ3) is 3.92. The number of amides is 2. The van der Waals surface area contributed by atoms with Gasteiger partial charge in [0.25, 0.3) is 0 Å². The summed E-state index contributed by atoms with van der Waals surface area (Å²) in [5.41, 5.74) is 4.46. The van der Waals surface area contributed by atoms with Crippen LogP contribution in [-0.4, -0.2) is 21.8 Å². The van der Waals surface area contributed by atoms with Gasteiger partial charge >= 0.3 is 11.8 Å². The van der Waals surface area contributed by atoms with Crippen molar-refractivity contribution < 1.29 is 9.59 Å². The highest BCUT2D eigenvalue weighted by Crippen LogP contribution is 2.31. The molecule has 0 saturated carbocycles. The summed E-state index contributed by atoms with van der Waals surface area (Å²) in [6.45, 7) is 3.88. The Labute approximate surface area is 169 Å². The van der Waals surface area contributed by atoms with Gasteiger partial charge in [0.2, 0.25) is 0 Å². The summed E-state index contributed by atoms with van der Waals surface area (Å²) in [6.07, 6.45) is 0. The molecule has 0 aliphatic heterocycles. The minimum Gasteiger partial charge on any atom is -0.318 e. The van der Waals surface area contributed by atoms with Crippen LogP contribution in [0, 0.1) is 13.8 Å². The molecule has 140 valence electrons. The maximum Gasteiger partial charge on any atom is 0.315 e. The van der Waals surface area contributed by atoms with Crippen LogP contribution in [-0.2, 0) is 9.59 Å². The Morgan fingerprint density at radius 2 is 1.68 bits per heavy atom. The number of carbonyl (C=O) groups is 2. The van der Waals surface area contributed by atoms with Crippen molar-refractivity contribution in [3.63, 3.8) is 0 Å². The second kappa shape index (κ2) is 7.49. The highest BCUT2D eigenvalue weighted by molar-refractivity contribution is 7.21. The fourth-order valence-electron chi connectivity index (χ4n) is 2.60. The largest absolute Gasteiger partial charge is 0.318 e. The minimum absolute atomic E-state index is 0.402. The molecule has 4 rings (SSSR count). The number of nitrogens with one attached hydrogen (secondary N) is 2. The van der Waals surface area contributed by atoms with Gasteiger partial charge in [-0.3, -0.25) is 14.9 Å². The smallest absolute Gasteiger partial charge is 0.315 e. The van der Waals surface area contributed by atoms with Crippen LogP contribution in [0.3, 0.4) is 0 Å². The third-order valence-electron chi connectivity index (χ3n) is 3.98. The quantitative estimate of drug-likeness (QED) is 0.485. The van der Waals surface area contributed by atoms with Crippen molar-refractivity contribution >= 4 is 55.5 Å².